The summed E-state index contributed by atoms with van der Waals surface area (Å²) in [5.74, 6) is -1.47. The van der Waals surface area contributed by atoms with E-state index in [-0.39, 0.29) is 6.54 Å². The van der Waals surface area contributed by atoms with Crippen LogP contribution in [0.3, 0.4) is 0 Å². The molecule has 4 nitrogen and oxygen atoms in total. The Bertz CT molecular complexity index is 278. The number of rotatable bonds is 2. The fraction of sp³-hybridized carbons (Fsp3) is 0.667. The Morgan fingerprint density at radius 2 is 2.23 bits per heavy atom. The monoisotopic (exact) mass is 180 g/mol. The van der Waals surface area contributed by atoms with E-state index in [1.165, 1.54) is 4.90 Å². The molecule has 1 rings (SSSR count). The van der Waals surface area contributed by atoms with Gasteiger partial charge in [-0.1, -0.05) is 13.8 Å². The molecule has 0 saturated carbocycles. The van der Waals surface area contributed by atoms with Crippen LogP contribution in [0.15, 0.2) is 0 Å². The Morgan fingerprint density at radius 1 is 1.62 bits per heavy atom. The Balaban J connectivity index is 2.68. The Morgan fingerprint density at radius 3 is 2.62 bits per heavy atom. The lowest BCUT2D eigenvalue weighted by molar-refractivity contribution is -0.140. The second-order valence-electron chi connectivity index (χ2n) is 3.65. The van der Waals surface area contributed by atoms with Gasteiger partial charge < -0.3 is 4.90 Å². The van der Waals surface area contributed by atoms with Crippen LogP contribution < -0.4 is 0 Å². The molecule has 1 amide bonds. The number of Topliss-reactive ketones (excluding diaryl/α,β-unsaturated/α-hetero) is 1. The van der Waals surface area contributed by atoms with Crippen LogP contribution >= 0.6 is 0 Å². The standard InChI is InChI=1S/C9H12N2O2/c1-6(2)4-11-5-7(3-10)8(12)9(11)13/h6-7H,4-5H2,1-2H3. The molecule has 1 fully saturated rings. The molecule has 0 spiro atoms. The van der Waals surface area contributed by atoms with Crippen molar-refractivity contribution in [2.24, 2.45) is 11.8 Å². The van der Waals surface area contributed by atoms with Crippen LogP contribution in [0.5, 0.6) is 0 Å². The zero-order valence-corrected chi connectivity index (χ0v) is 7.78. The minimum Gasteiger partial charge on any atom is -0.334 e. The number of nitrogens with zero attached hydrogens (tertiary/aromatic N) is 2. The molecule has 1 aliphatic heterocycles. The predicted octanol–water partition coefficient (Wildman–Crippen LogP) is 0.193. The van der Waals surface area contributed by atoms with Crippen LogP contribution in [0.2, 0.25) is 0 Å². The largest absolute Gasteiger partial charge is 0.334 e. The third kappa shape index (κ3) is 1.86. The van der Waals surface area contributed by atoms with E-state index in [0.29, 0.717) is 12.5 Å². The number of amides is 1. The first-order valence-corrected chi connectivity index (χ1v) is 4.29. The molecule has 0 radical (unpaired) electrons. The summed E-state index contributed by atoms with van der Waals surface area (Å²) in [6, 6.07) is 1.84. The van der Waals surface area contributed by atoms with Gasteiger partial charge in [0.15, 0.2) is 0 Å². The first-order valence-electron chi connectivity index (χ1n) is 4.29. The van der Waals surface area contributed by atoms with Gasteiger partial charge in [-0.2, -0.15) is 5.26 Å². The van der Waals surface area contributed by atoms with Crippen LogP contribution in [0.25, 0.3) is 0 Å². The Labute approximate surface area is 77.1 Å². The summed E-state index contributed by atoms with van der Waals surface area (Å²) in [7, 11) is 0. The molecule has 1 unspecified atom stereocenters. The van der Waals surface area contributed by atoms with Crippen molar-refractivity contribution in [3.05, 3.63) is 0 Å². The number of hydrogen-bond acceptors (Lipinski definition) is 3. The molecule has 0 aromatic rings. The third-order valence-electron chi connectivity index (χ3n) is 1.96. The summed E-state index contributed by atoms with van der Waals surface area (Å²) < 4.78 is 0. The molecule has 1 heterocycles. The van der Waals surface area contributed by atoms with Crippen molar-refractivity contribution in [3.63, 3.8) is 0 Å². The topological polar surface area (TPSA) is 61.2 Å². The highest BCUT2D eigenvalue weighted by Gasteiger charge is 2.38. The molecule has 1 atom stereocenters. The molecule has 70 valence electrons. The van der Waals surface area contributed by atoms with E-state index in [4.69, 9.17) is 5.26 Å². The molecule has 0 aliphatic carbocycles. The minimum atomic E-state index is -0.744. The van der Waals surface area contributed by atoms with Crippen molar-refractivity contribution in [2.75, 3.05) is 13.1 Å². The van der Waals surface area contributed by atoms with Gasteiger partial charge in [0.2, 0.25) is 5.78 Å². The van der Waals surface area contributed by atoms with Gasteiger partial charge in [-0.05, 0) is 5.92 Å². The maximum absolute atomic E-state index is 11.2. The molecule has 13 heavy (non-hydrogen) atoms. The van der Waals surface area contributed by atoms with Crippen molar-refractivity contribution in [1.29, 1.82) is 5.26 Å². The second kappa shape index (κ2) is 3.56. The average molecular weight is 180 g/mol. The lowest BCUT2D eigenvalue weighted by atomic mass is 10.1. The van der Waals surface area contributed by atoms with Gasteiger partial charge in [0.25, 0.3) is 5.91 Å². The maximum atomic E-state index is 11.2. The van der Waals surface area contributed by atoms with Gasteiger partial charge in [-0.15, -0.1) is 0 Å². The number of likely N-dealkylation sites (tertiary alicyclic amines) is 1. The van der Waals surface area contributed by atoms with E-state index in [9.17, 15) is 9.59 Å². The highest BCUT2D eigenvalue weighted by atomic mass is 16.2. The summed E-state index contributed by atoms with van der Waals surface area (Å²) in [5.41, 5.74) is 0. The summed E-state index contributed by atoms with van der Waals surface area (Å²) in [6.07, 6.45) is 0. The number of ketones is 1. The number of carbonyl (C=O) groups is 2. The van der Waals surface area contributed by atoms with E-state index in [2.05, 4.69) is 0 Å². The Hall–Kier alpha value is -1.37. The van der Waals surface area contributed by atoms with Crippen molar-refractivity contribution >= 4 is 11.7 Å². The van der Waals surface area contributed by atoms with Crippen molar-refractivity contribution in [2.45, 2.75) is 13.8 Å². The lowest BCUT2D eigenvalue weighted by Crippen LogP contribution is -2.30. The average Bonchev–Trinajstić information content (AvgIpc) is 2.32. The normalized spacial score (nSPS) is 22.6. The van der Waals surface area contributed by atoms with Gasteiger partial charge >= 0.3 is 0 Å². The number of hydrogen-bond donors (Lipinski definition) is 0. The molecule has 4 heteroatoms. The van der Waals surface area contributed by atoms with Crippen LogP contribution in [-0.2, 0) is 9.59 Å². The van der Waals surface area contributed by atoms with Crippen LogP contribution in [0, 0.1) is 23.2 Å². The third-order valence-corrected chi connectivity index (χ3v) is 1.96. The highest BCUT2D eigenvalue weighted by molar-refractivity contribution is 6.39. The molecule has 1 saturated heterocycles. The van der Waals surface area contributed by atoms with E-state index in [0.717, 1.165) is 0 Å². The van der Waals surface area contributed by atoms with Gasteiger partial charge in [0.05, 0.1) is 6.07 Å². The zero-order chi connectivity index (χ0) is 10.0. The molecule has 0 N–H and O–H groups in total. The van der Waals surface area contributed by atoms with E-state index >= 15 is 0 Å². The van der Waals surface area contributed by atoms with Gasteiger partial charge in [-0.3, -0.25) is 9.59 Å². The van der Waals surface area contributed by atoms with Crippen molar-refractivity contribution in [3.8, 4) is 6.07 Å². The molecular formula is C9H12N2O2. The lowest BCUT2D eigenvalue weighted by Gasteiger charge is -2.16. The summed E-state index contributed by atoms with van der Waals surface area (Å²) >= 11 is 0. The van der Waals surface area contributed by atoms with E-state index in [1.807, 2.05) is 19.9 Å². The van der Waals surface area contributed by atoms with Gasteiger partial charge in [-0.25, -0.2) is 0 Å². The van der Waals surface area contributed by atoms with Gasteiger partial charge in [0, 0.05) is 13.1 Å². The molecular weight excluding hydrogens is 168 g/mol. The molecule has 0 aromatic carbocycles. The van der Waals surface area contributed by atoms with Crippen molar-refractivity contribution in [1.82, 2.24) is 4.90 Å². The number of nitriles is 1. The quantitative estimate of drug-likeness (QED) is 0.570. The van der Waals surface area contributed by atoms with Crippen LogP contribution in [0.4, 0.5) is 0 Å². The molecule has 0 aromatic heterocycles. The summed E-state index contributed by atoms with van der Waals surface area (Å²) in [4.78, 5) is 23.8. The summed E-state index contributed by atoms with van der Waals surface area (Å²) in [5, 5.41) is 8.56. The molecule has 0 bridgehead atoms. The van der Waals surface area contributed by atoms with Crippen LogP contribution in [-0.4, -0.2) is 29.7 Å². The summed E-state index contributed by atoms with van der Waals surface area (Å²) in [6.45, 7) is 4.77. The Kier molecular flexibility index (Phi) is 2.66. The highest BCUT2D eigenvalue weighted by Crippen LogP contribution is 2.14. The minimum absolute atomic E-state index is 0.270. The smallest absolute Gasteiger partial charge is 0.291 e. The first-order chi connectivity index (χ1) is 6.06. The molecule has 1 aliphatic rings. The SMILES string of the molecule is CC(C)CN1CC(C#N)C(=O)C1=O. The fourth-order valence-corrected chi connectivity index (χ4v) is 1.39. The van der Waals surface area contributed by atoms with E-state index < -0.39 is 17.6 Å². The maximum Gasteiger partial charge on any atom is 0.291 e. The zero-order valence-electron chi connectivity index (χ0n) is 7.78. The first kappa shape index (κ1) is 9.72. The second-order valence-corrected chi connectivity index (χ2v) is 3.65. The van der Waals surface area contributed by atoms with Gasteiger partial charge in [0.1, 0.15) is 5.92 Å². The van der Waals surface area contributed by atoms with Crippen molar-refractivity contribution < 1.29 is 9.59 Å². The van der Waals surface area contributed by atoms with Crippen LogP contribution in [0.1, 0.15) is 13.8 Å². The predicted molar refractivity (Wildman–Crippen MR) is 45.5 cm³/mol. The van der Waals surface area contributed by atoms with E-state index in [1.54, 1.807) is 0 Å². The number of carbonyl (C=O) groups excluding carboxylic acids is 2. The fourth-order valence-electron chi connectivity index (χ4n) is 1.39.